The van der Waals surface area contributed by atoms with Gasteiger partial charge in [0.2, 0.25) is 0 Å². The van der Waals surface area contributed by atoms with E-state index in [1.54, 1.807) is 13.2 Å². The van der Waals surface area contributed by atoms with Crippen molar-refractivity contribution in [1.29, 1.82) is 0 Å². The van der Waals surface area contributed by atoms with Gasteiger partial charge >= 0.3 is 5.97 Å². The number of hydrogen-bond donors (Lipinski definition) is 2. The number of aromatic carboxylic acids is 1. The van der Waals surface area contributed by atoms with Crippen molar-refractivity contribution in [3.8, 4) is 0 Å². The second-order valence-corrected chi connectivity index (χ2v) is 4.81. The van der Waals surface area contributed by atoms with Gasteiger partial charge in [0.15, 0.2) is 0 Å². The Balaban J connectivity index is 2.22. The predicted molar refractivity (Wildman–Crippen MR) is 70.2 cm³/mol. The Morgan fingerprint density at radius 1 is 1.44 bits per heavy atom. The summed E-state index contributed by atoms with van der Waals surface area (Å²) in [6, 6.07) is 5.55. The van der Waals surface area contributed by atoms with Crippen LogP contribution in [0, 0.1) is 6.92 Å². The van der Waals surface area contributed by atoms with E-state index in [0.29, 0.717) is 11.3 Å². The second kappa shape index (κ2) is 5.40. The lowest BCUT2D eigenvalue weighted by Crippen LogP contribution is -2.30. The molecule has 2 atom stereocenters. The standard InChI is InChI=1S/C14H19NO3/c1-9-6-7-10(14(16)17)12(8-9)15-11-4-3-5-13(11)18-2/h6-8,11,13,15H,3-5H2,1-2H3,(H,16,17). The number of nitrogens with one attached hydrogen (secondary N) is 1. The van der Waals surface area contributed by atoms with Gasteiger partial charge in [0.05, 0.1) is 17.7 Å². The van der Waals surface area contributed by atoms with E-state index in [1.165, 1.54) is 0 Å². The Hall–Kier alpha value is -1.55. The molecule has 0 spiro atoms. The number of hydrogen-bond acceptors (Lipinski definition) is 3. The van der Waals surface area contributed by atoms with Gasteiger partial charge in [0.25, 0.3) is 0 Å². The largest absolute Gasteiger partial charge is 0.478 e. The third-order valence-corrected chi connectivity index (χ3v) is 3.50. The van der Waals surface area contributed by atoms with Crippen molar-refractivity contribution in [1.82, 2.24) is 0 Å². The molecule has 2 unspecified atom stereocenters. The van der Waals surface area contributed by atoms with Crippen LogP contribution in [0.15, 0.2) is 18.2 Å². The van der Waals surface area contributed by atoms with Crippen LogP contribution in [0.2, 0.25) is 0 Å². The zero-order chi connectivity index (χ0) is 13.1. The van der Waals surface area contributed by atoms with Gasteiger partial charge in [-0.2, -0.15) is 0 Å². The monoisotopic (exact) mass is 249 g/mol. The molecule has 1 aromatic carbocycles. The van der Waals surface area contributed by atoms with Crippen molar-refractivity contribution < 1.29 is 14.6 Å². The maximum absolute atomic E-state index is 11.2. The number of aryl methyl sites for hydroxylation is 1. The van der Waals surface area contributed by atoms with Gasteiger partial charge in [-0.15, -0.1) is 0 Å². The summed E-state index contributed by atoms with van der Waals surface area (Å²) in [6.07, 6.45) is 3.34. The van der Waals surface area contributed by atoms with E-state index in [9.17, 15) is 9.90 Å². The van der Waals surface area contributed by atoms with Crippen LogP contribution in [-0.2, 0) is 4.74 Å². The summed E-state index contributed by atoms with van der Waals surface area (Å²) in [6.45, 7) is 1.96. The van der Waals surface area contributed by atoms with Gasteiger partial charge in [-0.05, 0) is 43.9 Å². The van der Waals surface area contributed by atoms with Crippen LogP contribution in [0.5, 0.6) is 0 Å². The van der Waals surface area contributed by atoms with Crippen LogP contribution in [0.4, 0.5) is 5.69 Å². The molecule has 4 nitrogen and oxygen atoms in total. The van der Waals surface area contributed by atoms with Gasteiger partial charge in [-0.25, -0.2) is 4.79 Å². The smallest absolute Gasteiger partial charge is 0.337 e. The molecule has 0 bridgehead atoms. The fourth-order valence-electron chi connectivity index (χ4n) is 2.54. The molecule has 0 amide bonds. The maximum Gasteiger partial charge on any atom is 0.337 e. The van der Waals surface area contributed by atoms with Crippen LogP contribution in [0.3, 0.4) is 0 Å². The van der Waals surface area contributed by atoms with Crippen LogP contribution in [0.1, 0.15) is 35.2 Å². The molecule has 0 aliphatic heterocycles. The summed E-state index contributed by atoms with van der Waals surface area (Å²) >= 11 is 0. The second-order valence-electron chi connectivity index (χ2n) is 4.81. The average Bonchev–Trinajstić information content (AvgIpc) is 2.76. The molecule has 0 radical (unpaired) electrons. The Morgan fingerprint density at radius 3 is 2.89 bits per heavy atom. The van der Waals surface area contributed by atoms with Crippen LogP contribution in [-0.4, -0.2) is 30.3 Å². The van der Waals surface area contributed by atoms with Crippen LogP contribution < -0.4 is 5.32 Å². The van der Waals surface area contributed by atoms with Crippen molar-refractivity contribution >= 4 is 11.7 Å². The molecular formula is C14H19NO3. The normalized spacial score (nSPS) is 23.0. The van der Waals surface area contributed by atoms with E-state index in [2.05, 4.69) is 5.32 Å². The van der Waals surface area contributed by atoms with E-state index in [4.69, 9.17) is 4.74 Å². The highest BCUT2D eigenvalue weighted by atomic mass is 16.5. The first-order chi connectivity index (χ1) is 8.61. The molecule has 4 heteroatoms. The highest BCUT2D eigenvalue weighted by Crippen LogP contribution is 2.27. The molecule has 1 aliphatic rings. The highest BCUT2D eigenvalue weighted by Gasteiger charge is 2.27. The van der Waals surface area contributed by atoms with Crippen molar-refractivity contribution in [2.45, 2.75) is 38.3 Å². The Labute approximate surface area is 107 Å². The molecule has 1 aromatic rings. The van der Waals surface area contributed by atoms with Crippen molar-refractivity contribution in [3.63, 3.8) is 0 Å². The summed E-state index contributed by atoms with van der Waals surface area (Å²) in [7, 11) is 1.71. The Bertz CT molecular complexity index is 445. The fourth-order valence-corrected chi connectivity index (χ4v) is 2.54. The average molecular weight is 249 g/mol. The van der Waals surface area contributed by atoms with Crippen molar-refractivity contribution in [2.24, 2.45) is 0 Å². The molecule has 0 saturated heterocycles. The first-order valence-electron chi connectivity index (χ1n) is 6.25. The minimum absolute atomic E-state index is 0.173. The zero-order valence-electron chi connectivity index (χ0n) is 10.8. The highest BCUT2D eigenvalue weighted by molar-refractivity contribution is 5.94. The fraction of sp³-hybridized carbons (Fsp3) is 0.500. The minimum Gasteiger partial charge on any atom is -0.478 e. The third-order valence-electron chi connectivity index (χ3n) is 3.50. The van der Waals surface area contributed by atoms with Gasteiger partial charge in [0.1, 0.15) is 0 Å². The molecule has 98 valence electrons. The van der Waals surface area contributed by atoms with Crippen molar-refractivity contribution in [3.05, 3.63) is 29.3 Å². The number of ether oxygens (including phenoxy) is 1. The summed E-state index contributed by atoms with van der Waals surface area (Å²) < 4.78 is 5.42. The van der Waals surface area contributed by atoms with Gasteiger partial charge in [-0.3, -0.25) is 0 Å². The topological polar surface area (TPSA) is 58.6 Å². The molecule has 1 aliphatic carbocycles. The van der Waals surface area contributed by atoms with Gasteiger partial charge < -0.3 is 15.2 Å². The van der Waals surface area contributed by atoms with Crippen molar-refractivity contribution in [2.75, 3.05) is 12.4 Å². The van der Waals surface area contributed by atoms with E-state index in [0.717, 1.165) is 24.8 Å². The summed E-state index contributed by atoms with van der Waals surface area (Å²) in [4.78, 5) is 11.2. The number of carboxylic acids is 1. The van der Waals surface area contributed by atoms with E-state index in [-0.39, 0.29) is 12.1 Å². The van der Waals surface area contributed by atoms with E-state index in [1.807, 2.05) is 19.1 Å². The zero-order valence-corrected chi connectivity index (χ0v) is 10.8. The molecule has 1 saturated carbocycles. The number of carboxylic acid groups (broad SMARTS) is 1. The first-order valence-corrected chi connectivity index (χ1v) is 6.25. The SMILES string of the molecule is COC1CCCC1Nc1cc(C)ccc1C(=O)O. The first kappa shape index (κ1) is 12.9. The van der Waals surface area contributed by atoms with Gasteiger partial charge in [0, 0.05) is 12.8 Å². The quantitative estimate of drug-likeness (QED) is 0.861. The Kier molecular flexibility index (Phi) is 3.87. The lowest BCUT2D eigenvalue weighted by Gasteiger charge is -2.22. The summed E-state index contributed by atoms with van der Waals surface area (Å²) in [5.41, 5.74) is 2.06. The minimum atomic E-state index is -0.899. The molecule has 0 heterocycles. The lowest BCUT2D eigenvalue weighted by atomic mass is 10.1. The lowest BCUT2D eigenvalue weighted by molar-refractivity contribution is 0.0697. The molecule has 2 rings (SSSR count). The Morgan fingerprint density at radius 2 is 2.22 bits per heavy atom. The van der Waals surface area contributed by atoms with E-state index < -0.39 is 5.97 Å². The third kappa shape index (κ3) is 2.64. The number of benzene rings is 1. The van der Waals surface area contributed by atoms with Crippen LogP contribution in [0.25, 0.3) is 0 Å². The molecule has 0 aromatic heterocycles. The molecular weight excluding hydrogens is 230 g/mol. The maximum atomic E-state index is 11.2. The number of rotatable bonds is 4. The molecule has 1 fully saturated rings. The summed E-state index contributed by atoms with van der Waals surface area (Å²) in [5, 5.41) is 12.5. The molecule has 2 N–H and O–H groups in total. The molecule has 18 heavy (non-hydrogen) atoms. The van der Waals surface area contributed by atoms with E-state index >= 15 is 0 Å². The number of carbonyl (C=O) groups is 1. The van der Waals surface area contributed by atoms with Crippen LogP contribution >= 0.6 is 0 Å². The van der Waals surface area contributed by atoms with Gasteiger partial charge in [-0.1, -0.05) is 6.07 Å². The summed E-state index contributed by atoms with van der Waals surface area (Å²) in [5.74, 6) is -0.899. The predicted octanol–water partition coefficient (Wildman–Crippen LogP) is 2.67. The number of methoxy groups -OCH3 is 1. The number of anilines is 1.